The van der Waals surface area contributed by atoms with Crippen molar-refractivity contribution in [2.45, 2.75) is 25.8 Å². The lowest BCUT2D eigenvalue weighted by Gasteiger charge is -2.25. The molecule has 1 aliphatic rings. The first-order valence-electron chi connectivity index (χ1n) is 6.87. The number of nitrogens with one attached hydrogen (secondary N) is 1. The first-order chi connectivity index (χ1) is 9.91. The molecule has 0 aliphatic carbocycles. The van der Waals surface area contributed by atoms with Crippen LogP contribution in [0.5, 0.6) is 0 Å². The Labute approximate surface area is 123 Å². The molecule has 1 saturated heterocycles. The minimum atomic E-state index is -1.06. The number of carboxylic acids is 1. The fourth-order valence-corrected chi connectivity index (χ4v) is 2.29. The maximum Gasteiger partial charge on any atom is 0.313 e. The molecule has 0 saturated carbocycles. The molecule has 1 aliphatic heterocycles. The van der Waals surface area contributed by atoms with Gasteiger partial charge in [0.05, 0.1) is 19.3 Å². The number of anilines is 1. The Morgan fingerprint density at radius 3 is 2.71 bits per heavy atom. The molecule has 21 heavy (non-hydrogen) atoms. The van der Waals surface area contributed by atoms with Crippen molar-refractivity contribution in [2.24, 2.45) is 5.41 Å². The number of hydrogen-bond donors (Lipinski definition) is 3. The first-order valence-corrected chi connectivity index (χ1v) is 6.87. The van der Waals surface area contributed by atoms with Crippen molar-refractivity contribution in [1.82, 2.24) is 5.32 Å². The van der Waals surface area contributed by atoms with E-state index < -0.39 is 17.4 Å². The topological polar surface area (TPSA) is 102 Å². The molecule has 114 valence electrons. The standard InChI is InChI=1S/C15H20N2O4/c1-15(14(19)20)9-21-8-12(15)17-13(18)7-4-10-2-5-11(16)6-3-10/h2-3,5-6,12H,4,7-9,16H2,1H3,(H,17,18)(H,19,20). The van der Waals surface area contributed by atoms with Crippen molar-refractivity contribution < 1.29 is 19.4 Å². The molecule has 1 fully saturated rings. The van der Waals surface area contributed by atoms with E-state index in [0.717, 1.165) is 5.56 Å². The van der Waals surface area contributed by atoms with Crippen molar-refractivity contribution in [1.29, 1.82) is 0 Å². The van der Waals surface area contributed by atoms with Crippen LogP contribution in [-0.2, 0) is 20.7 Å². The van der Waals surface area contributed by atoms with Crippen molar-refractivity contribution in [3.63, 3.8) is 0 Å². The van der Waals surface area contributed by atoms with Crippen LogP contribution in [0, 0.1) is 5.41 Å². The monoisotopic (exact) mass is 292 g/mol. The summed E-state index contributed by atoms with van der Waals surface area (Å²) in [4.78, 5) is 23.2. The van der Waals surface area contributed by atoms with Crippen LogP contribution in [0.1, 0.15) is 18.9 Å². The summed E-state index contributed by atoms with van der Waals surface area (Å²) in [5.74, 6) is -1.13. The van der Waals surface area contributed by atoms with Gasteiger partial charge in [-0.25, -0.2) is 0 Å². The largest absolute Gasteiger partial charge is 0.481 e. The molecule has 1 aromatic rings. The molecule has 1 amide bonds. The molecular formula is C15H20N2O4. The second kappa shape index (κ2) is 6.13. The molecule has 2 rings (SSSR count). The highest BCUT2D eigenvalue weighted by Gasteiger charge is 2.47. The van der Waals surface area contributed by atoms with E-state index in [1.54, 1.807) is 19.1 Å². The van der Waals surface area contributed by atoms with Gasteiger partial charge in [-0.3, -0.25) is 9.59 Å². The number of nitrogen functional groups attached to an aromatic ring is 1. The van der Waals surface area contributed by atoms with Crippen LogP contribution in [0.2, 0.25) is 0 Å². The minimum absolute atomic E-state index is 0.116. The number of aliphatic carboxylic acids is 1. The maximum atomic E-state index is 12.0. The van der Waals surface area contributed by atoms with Gasteiger partial charge in [0, 0.05) is 12.1 Å². The summed E-state index contributed by atoms with van der Waals surface area (Å²) < 4.78 is 5.20. The molecule has 1 heterocycles. The number of benzene rings is 1. The van der Waals surface area contributed by atoms with Gasteiger partial charge >= 0.3 is 5.97 Å². The van der Waals surface area contributed by atoms with E-state index in [1.807, 2.05) is 12.1 Å². The summed E-state index contributed by atoms with van der Waals surface area (Å²) >= 11 is 0. The average Bonchev–Trinajstić information content (AvgIpc) is 2.81. The Kier molecular flexibility index (Phi) is 4.47. The molecule has 2 atom stereocenters. The highest BCUT2D eigenvalue weighted by Crippen LogP contribution is 2.28. The smallest absolute Gasteiger partial charge is 0.313 e. The maximum absolute atomic E-state index is 12.0. The average molecular weight is 292 g/mol. The number of nitrogens with two attached hydrogens (primary N) is 1. The normalized spacial score (nSPS) is 24.7. The summed E-state index contributed by atoms with van der Waals surface area (Å²) in [5.41, 5.74) is 6.24. The fraction of sp³-hybridized carbons (Fsp3) is 0.467. The van der Waals surface area contributed by atoms with E-state index in [4.69, 9.17) is 10.5 Å². The number of amides is 1. The number of ether oxygens (including phenoxy) is 1. The zero-order chi connectivity index (χ0) is 15.5. The summed E-state index contributed by atoms with van der Waals surface area (Å²) in [6.45, 7) is 1.94. The lowest BCUT2D eigenvalue weighted by Crippen LogP contribution is -2.49. The number of carboxylic acid groups (broad SMARTS) is 1. The van der Waals surface area contributed by atoms with E-state index in [9.17, 15) is 14.7 Å². The summed E-state index contributed by atoms with van der Waals surface area (Å²) in [5, 5.41) is 12.0. The Hall–Kier alpha value is -2.08. The zero-order valence-electron chi connectivity index (χ0n) is 12.0. The summed E-state index contributed by atoms with van der Waals surface area (Å²) in [6, 6.07) is 6.85. The van der Waals surface area contributed by atoms with Crippen LogP contribution in [0.4, 0.5) is 5.69 Å². The molecular weight excluding hydrogens is 272 g/mol. The van der Waals surface area contributed by atoms with Crippen molar-refractivity contribution in [3.05, 3.63) is 29.8 Å². The van der Waals surface area contributed by atoms with Crippen LogP contribution >= 0.6 is 0 Å². The van der Waals surface area contributed by atoms with Crippen molar-refractivity contribution >= 4 is 17.6 Å². The first kappa shape index (κ1) is 15.3. The highest BCUT2D eigenvalue weighted by molar-refractivity contribution is 5.80. The predicted molar refractivity (Wildman–Crippen MR) is 77.7 cm³/mol. The number of carbonyl (C=O) groups is 2. The van der Waals surface area contributed by atoms with E-state index in [-0.39, 0.29) is 19.1 Å². The fourth-order valence-electron chi connectivity index (χ4n) is 2.29. The Balaban J connectivity index is 1.87. The molecule has 6 nitrogen and oxygen atoms in total. The van der Waals surface area contributed by atoms with Gasteiger partial charge in [0.2, 0.25) is 5.91 Å². The van der Waals surface area contributed by atoms with E-state index >= 15 is 0 Å². The number of aryl methyl sites for hydroxylation is 1. The Morgan fingerprint density at radius 2 is 2.10 bits per heavy atom. The Morgan fingerprint density at radius 1 is 1.43 bits per heavy atom. The van der Waals surface area contributed by atoms with Gasteiger partial charge in [0.25, 0.3) is 0 Å². The molecule has 6 heteroatoms. The van der Waals surface area contributed by atoms with Crippen LogP contribution in [-0.4, -0.2) is 36.2 Å². The van der Waals surface area contributed by atoms with Gasteiger partial charge in [0.1, 0.15) is 5.41 Å². The third kappa shape index (κ3) is 3.52. The number of rotatable bonds is 5. The summed E-state index contributed by atoms with van der Waals surface area (Å²) in [7, 11) is 0. The second-order valence-corrected chi connectivity index (χ2v) is 5.60. The third-order valence-electron chi connectivity index (χ3n) is 3.90. The van der Waals surface area contributed by atoms with Crippen LogP contribution < -0.4 is 11.1 Å². The Bertz CT molecular complexity index is 529. The molecule has 0 spiro atoms. The van der Waals surface area contributed by atoms with Crippen molar-refractivity contribution in [3.8, 4) is 0 Å². The van der Waals surface area contributed by atoms with E-state index in [0.29, 0.717) is 18.5 Å². The lowest BCUT2D eigenvalue weighted by molar-refractivity contribution is -0.149. The third-order valence-corrected chi connectivity index (χ3v) is 3.90. The van der Waals surface area contributed by atoms with Gasteiger partial charge in [-0.2, -0.15) is 0 Å². The number of hydrogen-bond acceptors (Lipinski definition) is 4. The minimum Gasteiger partial charge on any atom is -0.481 e. The van der Waals surface area contributed by atoms with Crippen molar-refractivity contribution in [2.75, 3.05) is 18.9 Å². The van der Waals surface area contributed by atoms with E-state index in [2.05, 4.69) is 5.32 Å². The van der Waals surface area contributed by atoms with Gasteiger partial charge in [-0.05, 0) is 31.0 Å². The van der Waals surface area contributed by atoms with Crippen LogP contribution in [0.25, 0.3) is 0 Å². The molecule has 2 unspecified atom stereocenters. The molecule has 0 radical (unpaired) electrons. The van der Waals surface area contributed by atoms with Gasteiger partial charge in [-0.15, -0.1) is 0 Å². The van der Waals surface area contributed by atoms with Crippen LogP contribution in [0.15, 0.2) is 24.3 Å². The lowest BCUT2D eigenvalue weighted by atomic mass is 9.85. The molecule has 0 aromatic heterocycles. The molecule has 1 aromatic carbocycles. The van der Waals surface area contributed by atoms with Gasteiger partial charge in [-0.1, -0.05) is 12.1 Å². The second-order valence-electron chi connectivity index (χ2n) is 5.60. The molecule has 4 N–H and O–H groups in total. The van der Waals surface area contributed by atoms with Crippen LogP contribution in [0.3, 0.4) is 0 Å². The number of carbonyl (C=O) groups excluding carboxylic acids is 1. The highest BCUT2D eigenvalue weighted by atomic mass is 16.5. The predicted octanol–water partition coefficient (Wildman–Crippen LogP) is 0.807. The van der Waals surface area contributed by atoms with E-state index in [1.165, 1.54) is 0 Å². The molecule has 0 bridgehead atoms. The summed E-state index contributed by atoms with van der Waals surface area (Å²) in [6.07, 6.45) is 0.888. The van der Waals surface area contributed by atoms with Gasteiger partial charge < -0.3 is 20.9 Å². The quantitative estimate of drug-likeness (QED) is 0.697. The van der Waals surface area contributed by atoms with Gasteiger partial charge in [0.15, 0.2) is 0 Å². The SMILES string of the molecule is CC1(C(=O)O)COCC1NC(=O)CCc1ccc(N)cc1. The zero-order valence-corrected chi connectivity index (χ0v) is 12.0.